The highest BCUT2D eigenvalue weighted by Gasteiger charge is 2.35. The van der Waals surface area contributed by atoms with Crippen molar-refractivity contribution >= 4 is 17.6 Å². The maximum atomic E-state index is 13.5. The molecule has 154 valence electrons. The third-order valence-corrected chi connectivity index (χ3v) is 4.76. The Morgan fingerprint density at radius 1 is 1.34 bits per heavy atom. The predicted octanol–water partition coefficient (Wildman–Crippen LogP) is 5.65. The molecule has 2 aromatic rings. The highest BCUT2D eigenvalue weighted by Crippen LogP contribution is 2.40. The summed E-state index contributed by atoms with van der Waals surface area (Å²) in [5.74, 6) is -1.21. The number of halogens is 4. The number of allylic oxidation sites excluding steroid dienone is 1. The lowest BCUT2D eigenvalue weighted by molar-refractivity contribution is -0.141. The lowest BCUT2D eigenvalue weighted by atomic mass is 9.99. The van der Waals surface area contributed by atoms with Crippen molar-refractivity contribution in [3.05, 3.63) is 69.9 Å². The molecule has 3 rings (SSSR count). The monoisotopic (exact) mass is 426 g/mol. The van der Waals surface area contributed by atoms with Gasteiger partial charge in [0, 0.05) is 22.6 Å². The standard InChI is InChI=1S/C21H18ClF3O4/c1-11(20(26)27)5-13-3-4-18(17(7-13)21(23,24)25)28-10-15-9-16(22)8-14-6-12(2)29-19(14)15/h3-4,7-9,11H,2,5-6,10H2,1H3,(H,26,27). The average molecular weight is 427 g/mol. The summed E-state index contributed by atoms with van der Waals surface area (Å²) in [5, 5.41) is 9.41. The van der Waals surface area contributed by atoms with Crippen LogP contribution in [0.2, 0.25) is 5.02 Å². The summed E-state index contributed by atoms with van der Waals surface area (Å²) in [6.07, 6.45) is -4.19. The minimum absolute atomic E-state index is 0.0174. The van der Waals surface area contributed by atoms with Gasteiger partial charge in [-0.2, -0.15) is 13.2 Å². The van der Waals surface area contributed by atoms with E-state index >= 15 is 0 Å². The Labute approximate surface area is 170 Å². The van der Waals surface area contributed by atoms with Gasteiger partial charge in [0.15, 0.2) is 0 Å². The highest BCUT2D eigenvalue weighted by molar-refractivity contribution is 6.30. The first-order valence-corrected chi connectivity index (χ1v) is 9.15. The molecule has 1 aliphatic heterocycles. The summed E-state index contributed by atoms with van der Waals surface area (Å²) in [6, 6.07) is 6.87. The van der Waals surface area contributed by atoms with Gasteiger partial charge in [0.05, 0.1) is 11.5 Å². The van der Waals surface area contributed by atoms with Gasteiger partial charge in [0.25, 0.3) is 0 Å². The van der Waals surface area contributed by atoms with Gasteiger partial charge in [-0.1, -0.05) is 31.2 Å². The van der Waals surface area contributed by atoms with Crippen LogP contribution in [0.25, 0.3) is 0 Å². The summed E-state index contributed by atoms with van der Waals surface area (Å²) in [7, 11) is 0. The van der Waals surface area contributed by atoms with E-state index < -0.39 is 23.6 Å². The molecule has 0 fully saturated rings. The molecule has 2 aromatic carbocycles. The zero-order valence-corrected chi connectivity index (χ0v) is 16.2. The van der Waals surface area contributed by atoms with E-state index in [-0.39, 0.29) is 24.3 Å². The first-order chi connectivity index (χ1) is 13.5. The van der Waals surface area contributed by atoms with Crippen molar-refractivity contribution in [2.75, 3.05) is 0 Å². The average Bonchev–Trinajstić information content (AvgIpc) is 2.99. The van der Waals surface area contributed by atoms with Gasteiger partial charge < -0.3 is 14.6 Å². The van der Waals surface area contributed by atoms with E-state index in [1.807, 2.05) is 0 Å². The number of benzene rings is 2. The smallest absolute Gasteiger partial charge is 0.419 e. The summed E-state index contributed by atoms with van der Waals surface area (Å²) in [6.45, 7) is 5.01. The molecule has 0 radical (unpaired) electrons. The van der Waals surface area contributed by atoms with E-state index in [1.165, 1.54) is 19.1 Å². The van der Waals surface area contributed by atoms with E-state index in [9.17, 15) is 18.0 Å². The Morgan fingerprint density at radius 3 is 2.72 bits per heavy atom. The molecule has 0 aromatic heterocycles. The molecule has 0 bridgehead atoms. The summed E-state index contributed by atoms with van der Waals surface area (Å²) < 4.78 is 51.6. The van der Waals surface area contributed by atoms with Gasteiger partial charge in [-0.15, -0.1) is 0 Å². The van der Waals surface area contributed by atoms with Crippen LogP contribution in [0.15, 0.2) is 42.7 Å². The van der Waals surface area contributed by atoms with Crippen LogP contribution in [0.4, 0.5) is 13.2 Å². The van der Waals surface area contributed by atoms with Crippen molar-refractivity contribution in [1.82, 2.24) is 0 Å². The Balaban J connectivity index is 1.86. The molecule has 0 saturated carbocycles. The number of aliphatic carboxylic acids is 1. The number of alkyl halides is 3. The number of ether oxygens (including phenoxy) is 2. The van der Waals surface area contributed by atoms with E-state index in [2.05, 4.69) is 6.58 Å². The number of carboxylic acids is 1. The number of carbonyl (C=O) groups is 1. The van der Waals surface area contributed by atoms with Crippen molar-refractivity contribution in [3.8, 4) is 11.5 Å². The van der Waals surface area contributed by atoms with Gasteiger partial charge in [-0.05, 0) is 36.2 Å². The van der Waals surface area contributed by atoms with Crippen LogP contribution in [0.1, 0.15) is 29.2 Å². The van der Waals surface area contributed by atoms with E-state index in [1.54, 1.807) is 12.1 Å². The minimum atomic E-state index is -4.65. The van der Waals surface area contributed by atoms with Crippen molar-refractivity contribution in [2.45, 2.75) is 32.5 Å². The van der Waals surface area contributed by atoms with Crippen molar-refractivity contribution in [3.63, 3.8) is 0 Å². The second-order valence-electron chi connectivity index (χ2n) is 6.93. The van der Waals surface area contributed by atoms with Crippen LogP contribution < -0.4 is 9.47 Å². The van der Waals surface area contributed by atoms with Crippen molar-refractivity contribution in [1.29, 1.82) is 0 Å². The topological polar surface area (TPSA) is 55.8 Å². The molecule has 1 atom stereocenters. The molecular weight excluding hydrogens is 409 g/mol. The maximum Gasteiger partial charge on any atom is 0.419 e. The second-order valence-corrected chi connectivity index (χ2v) is 7.37. The normalized spacial score (nSPS) is 14.3. The molecular formula is C21H18ClF3O4. The number of rotatable bonds is 6. The number of carboxylic acid groups (broad SMARTS) is 1. The number of hydrogen-bond donors (Lipinski definition) is 1. The molecule has 1 aliphatic rings. The number of fused-ring (bicyclic) bond motifs is 1. The molecule has 1 N–H and O–H groups in total. The Kier molecular flexibility index (Phi) is 5.80. The molecule has 0 spiro atoms. The minimum Gasteiger partial charge on any atom is -0.488 e. The molecule has 29 heavy (non-hydrogen) atoms. The predicted molar refractivity (Wildman–Crippen MR) is 101 cm³/mol. The van der Waals surface area contributed by atoms with Crippen molar-refractivity contribution in [2.24, 2.45) is 5.92 Å². The third kappa shape index (κ3) is 4.85. The molecule has 0 saturated heterocycles. The fourth-order valence-electron chi connectivity index (χ4n) is 3.12. The van der Waals surface area contributed by atoms with Crippen LogP contribution >= 0.6 is 11.6 Å². The lowest BCUT2D eigenvalue weighted by Crippen LogP contribution is -2.14. The molecule has 1 heterocycles. The molecule has 1 unspecified atom stereocenters. The molecule has 0 aliphatic carbocycles. The van der Waals surface area contributed by atoms with Gasteiger partial charge in [0.1, 0.15) is 23.9 Å². The largest absolute Gasteiger partial charge is 0.488 e. The fourth-order valence-corrected chi connectivity index (χ4v) is 3.39. The van der Waals surface area contributed by atoms with E-state index in [4.69, 9.17) is 26.2 Å². The summed E-state index contributed by atoms with van der Waals surface area (Å²) in [5.41, 5.74) is 0.623. The van der Waals surface area contributed by atoms with Gasteiger partial charge in [0.2, 0.25) is 0 Å². The number of hydrogen-bond acceptors (Lipinski definition) is 3. The SMILES string of the molecule is C=C1Cc2cc(Cl)cc(COc3ccc(CC(C)C(=O)O)cc3C(F)(F)F)c2O1. The summed E-state index contributed by atoms with van der Waals surface area (Å²) in [4.78, 5) is 11.0. The lowest BCUT2D eigenvalue weighted by Gasteiger charge is -2.17. The maximum absolute atomic E-state index is 13.5. The van der Waals surface area contributed by atoms with Crippen LogP contribution in [0.5, 0.6) is 11.5 Å². The molecule has 4 nitrogen and oxygen atoms in total. The van der Waals surface area contributed by atoms with E-state index in [0.717, 1.165) is 11.6 Å². The van der Waals surface area contributed by atoms with Crippen LogP contribution in [0, 0.1) is 5.92 Å². The highest BCUT2D eigenvalue weighted by atomic mass is 35.5. The zero-order valence-electron chi connectivity index (χ0n) is 15.5. The third-order valence-electron chi connectivity index (χ3n) is 4.54. The molecule has 0 amide bonds. The van der Waals surface area contributed by atoms with Gasteiger partial charge in [-0.25, -0.2) is 0 Å². The fraction of sp³-hybridized carbons (Fsp3) is 0.286. The van der Waals surface area contributed by atoms with Crippen LogP contribution in [-0.4, -0.2) is 11.1 Å². The zero-order chi connectivity index (χ0) is 21.3. The first-order valence-electron chi connectivity index (χ1n) is 8.77. The Bertz CT molecular complexity index is 969. The Hall–Kier alpha value is -2.67. The summed E-state index contributed by atoms with van der Waals surface area (Å²) >= 11 is 6.09. The van der Waals surface area contributed by atoms with Crippen LogP contribution in [0.3, 0.4) is 0 Å². The quantitative estimate of drug-likeness (QED) is 0.648. The second kappa shape index (κ2) is 7.99. The first kappa shape index (κ1) is 21.0. The van der Waals surface area contributed by atoms with Crippen LogP contribution in [-0.2, 0) is 30.4 Å². The Morgan fingerprint density at radius 2 is 2.07 bits per heavy atom. The van der Waals surface area contributed by atoms with Gasteiger partial charge >= 0.3 is 12.1 Å². The van der Waals surface area contributed by atoms with Gasteiger partial charge in [-0.3, -0.25) is 4.79 Å². The van der Waals surface area contributed by atoms with Crippen molar-refractivity contribution < 1.29 is 32.5 Å². The molecule has 8 heteroatoms. The van der Waals surface area contributed by atoms with E-state index in [0.29, 0.717) is 28.5 Å².